The maximum atomic E-state index is 11.5. The molecule has 0 fully saturated rings. The molecule has 0 amide bonds. The molecule has 0 aromatic carbocycles. The fourth-order valence-corrected chi connectivity index (χ4v) is 1.91. The summed E-state index contributed by atoms with van der Waals surface area (Å²) in [5, 5.41) is 0. The second kappa shape index (κ2) is 4.91. The molecule has 2 atom stereocenters. The molecule has 1 aliphatic rings. The Morgan fingerprint density at radius 1 is 1.50 bits per heavy atom. The van der Waals surface area contributed by atoms with Gasteiger partial charge >= 0.3 is 7.60 Å². The summed E-state index contributed by atoms with van der Waals surface area (Å²) in [5.41, 5.74) is -0.193. The van der Waals surface area contributed by atoms with Gasteiger partial charge in [0.15, 0.2) is 5.78 Å². The Balaban J connectivity index is 2.86. The third-order valence-electron chi connectivity index (χ3n) is 2.51. The molecule has 2 unspecified atom stereocenters. The molecule has 4 nitrogen and oxygen atoms in total. The van der Waals surface area contributed by atoms with Crippen LogP contribution in [0.1, 0.15) is 13.8 Å². The van der Waals surface area contributed by atoms with E-state index < -0.39 is 13.3 Å². The molecule has 0 heterocycles. The quantitative estimate of drug-likeness (QED) is 0.584. The molecule has 0 saturated heterocycles. The van der Waals surface area contributed by atoms with Crippen molar-refractivity contribution in [2.24, 2.45) is 5.92 Å². The summed E-state index contributed by atoms with van der Waals surface area (Å²) < 4.78 is 11.0. The topological polar surface area (TPSA) is 74.6 Å². The fraction of sp³-hybridized carbons (Fsp3) is 0.364. The Morgan fingerprint density at radius 2 is 2.12 bits per heavy atom. The van der Waals surface area contributed by atoms with Crippen molar-refractivity contribution in [3.05, 3.63) is 36.0 Å². The van der Waals surface area contributed by atoms with Gasteiger partial charge in [-0.15, -0.1) is 0 Å². The van der Waals surface area contributed by atoms with Gasteiger partial charge in [0.2, 0.25) is 0 Å². The van der Waals surface area contributed by atoms with E-state index in [4.69, 9.17) is 9.79 Å². The SMILES string of the molecule is CC(=CC(C)P(=O)(O)O)C1C=CC=CC1=O. The maximum Gasteiger partial charge on any atom is 0.332 e. The van der Waals surface area contributed by atoms with Crippen LogP contribution in [0.2, 0.25) is 0 Å². The Labute approximate surface area is 94.5 Å². The largest absolute Gasteiger partial charge is 0.332 e. The lowest BCUT2D eigenvalue weighted by Crippen LogP contribution is -2.14. The maximum absolute atomic E-state index is 11.5. The van der Waals surface area contributed by atoms with E-state index in [9.17, 15) is 9.36 Å². The summed E-state index contributed by atoms with van der Waals surface area (Å²) in [6.07, 6.45) is 8.06. The van der Waals surface area contributed by atoms with E-state index in [1.54, 1.807) is 25.2 Å². The molecule has 0 bridgehead atoms. The highest BCUT2D eigenvalue weighted by Gasteiger charge is 2.24. The fourth-order valence-electron chi connectivity index (χ4n) is 1.48. The lowest BCUT2D eigenvalue weighted by molar-refractivity contribution is -0.116. The molecule has 1 rings (SSSR count). The first kappa shape index (κ1) is 13.1. The Bertz CT molecular complexity index is 414. The van der Waals surface area contributed by atoms with Gasteiger partial charge in [0, 0.05) is 0 Å². The zero-order valence-electron chi connectivity index (χ0n) is 9.20. The van der Waals surface area contributed by atoms with Crippen LogP contribution in [-0.4, -0.2) is 21.2 Å². The standard InChI is InChI=1S/C11H15O4P/c1-8(7-9(2)16(13,14)15)10-5-3-4-6-11(10)12/h3-7,9-10H,1-2H3,(H2,13,14,15). The van der Waals surface area contributed by atoms with E-state index >= 15 is 0 Å². The molecular weight excluding hydrogens is 227 g/mol. The monoisotopic (exact) mass is 242 g/mol. The summed E-state index contributed by atoms with van der Waals surface area (Å²) in [6.45, 7) is 3.15. The average molecular weight is 242 g/mol. The Morgan fingerprint density at radius 3 is 2.62 bits per heavy atom. The first-order valence-electron chi connectivity index (χ1n) is 4.94. The third kappa shape index (κ3) is 3.27. The number of ketones is 1. The highest BCUT2D eigenvalue weighted by atomic mass is 31.2. The van der Waals surface area contributed by atoms with Crippen molar-refractivity contribution in [3.63, 3.8) is 0 Å². The molecule has 0 saturated carbocycles. The average Bonchev–Trinajstić information content (AvgIpc) is 2.16. The van der Waals surface area contributed by atoms with Crippen LogP contribution in [0, 0.1) is 5.92 Å². The molecule has 0 spiro atoms. The van der Waals surface area contributed by atoms with Gasteiger partial charge in [-0.3, -0.25) is 9.36 Å². The lowest BCUT2D eigenvalue weighted by atomic mass is 9.91. The van der Waals surface area contributed by atoms with Gasteiger partial charge in [-0.1, -0.05) is 29.9 Å². The number of allylic oxidation sites excluding steroid dienone is 6. The van der Waals surface area contributed by atoms with Crippen molar-refractivity contribution in [2.75, 3.05) is 0 Å². The normalized spacial score (nSPS) is 23.6. The van der Waals surface area contributed by atoms with E-state index in [1.165, 1.54) is 19.1 Å². The number of rotatable bonds is 3. The van der Waals surface area contributed by atoms with Gasteiger partial charge in [-0.25, -0.2) is 0 Å². The molecular formula is C11H15O4P. The number of hydrogen-bond acceptors (Lipinski definition) is 2. The van der Waals surface area contributed by atoms with Crippen LogP contribution in [0.3, 0.4) is 0 Å². The molecule has 88 valence electrons. The van der Waals surface area contributed by atoms with E-state index in [1.807, 2.05) is 0 Å². The zero-order valence-corrected chi connectivity index (χ0v) is 10.1. The minimum absolute atomic E-state index is 0.0610. The number of hydrogen-bond donors (Lipinski definition) is 2. The van der Waals surface area contributed by atoms with Gasteiger partial charge in [-0.05, 0) is 19.9 Å². The van der Waals surface area contributed by atoms with Gasteiger partial charge < -0.3 is 9.79 Å². The third-order valence-corrected chi connectivity index (χ3v) is 3.72. The summed E-state index contributed by atoms with van der Waals surface area (Å²) in [6, 6.07) is 0. The van der Waals surface area contributed by atoms with E-state index in [0.717, 1.165) is 0 Å². The van der Waals surface area contributed by atoms with Crippen LogP contribution in [0.5, 0.6) is 0 Å². The van der Waals surface area contributed by atoms with Crippen molar-refractivity contribution in [1.82, 2.24) is 0 Å². The zero-order chi connectivity index (χ0) is 12.3. The first-order chi connectivity index (χ1) is 7.32. The van der Waals surface area contributed by atoms with Crippen LogP contribution >= 0.6 is 7.60 Å². The molecule has 2 N–H and O–H groups in total. The van der Waals surface area contributed by atoms with Crippen molar-refractivity contribution in [1.29, 1.82) is 0 Å². The number of carbonyl (C=O) groups is 1. The first-order valence-corrected chi connectivity index (χ1v) is 6.63. The minimum atomic E-state index is -4.11. The Hall–Kier alpha value is -0.960. The molecule has 0 aromatic rings. The summed E-state index contributed by atoms with van der Waals surface area (Å²) >= 11 is 0. The molecule has 0 aromatic heterocycles. The summed E-state index contributed by atoms with van der Waals surface area (Å²) in [5.74, 6) is -0.451. The van der Waals surface area contributed by atoms with Crippen molar-refractivity contribution in [3.8, 4) is 0 Å². The van der Waals surface area contributed by atoms with E-state index in [0.29, 0.717) is 5.57 Å². The molecule has 0 aliphatic heterocycles. The predicted molar refractivity (Wildman–Crippen MR) is 62.0 cm³/mol. The van der Waals surface area contributed by atoms with Gasteiger partial charge in [0.25, 0.3) is 0 Å². The van der Waals surface area contributed by atoms with Crippen molar-refractivity contribution in [2.45, 2.75) is 19.5 Å². The lowest BCUT2D eigenvalue weighted by Gasteiger charge is -2.15. The van der Waals surface area contributed by atoms with Gasteiger partial charge in [0.1, 0.15) is 0 Å². The van der Waals surface area contributed by atoms with Crippen molar-refractivity contribution < 1.29 is 19.1 Å². The highest BCUT2D eigenvalue weighted by Crippen LogP contribution is 2.42. The summed E-state index contributed by atoms with van der Waals surface area (Å²) in [7, 11) is -4.11. The van der Waals surface area contributed by atoms with Crippen LogP contribution in [-0.2, 0) is 9.36 Å². The predicted octanol–water partition coefficient (Wildman–Crippen LogP) is 1.81. The second-order valence-corrected chi connectivity index (χ2v) is 5.86. The molecule has 16 heavy (non-hydrogen) atoms. The molecule has 5 heteroatoms. The number of carbonyl (C=O) groups excluding carboxylic acids is 1. The van der Waals surface area contributed by atoms with Gasteiger partial charge in [-0.2, -0.15) is 0 Å². The van der Waals surface area contributed by atoms with Gasteiger partial charge in [0.05, 0.1) is 11.6 Å². The van der Waals surface area contributed by atoms with Crippen molar-refractivity contribution >= 4 is 13.4 Å². The Kier molecular flexibility index (Phi) is 4.03. The molecule has 1 aliphatic carbocycles. The van der Waals surface area contributed by atoms with Crippen LogP contribution in [0.15, 0.2) is 36.0 Å². The van der Waals surface area contributed by atoms with E-state index in [2.05, 4.69) is 0 Å². The smallest absolute Gasteiger partial charge is 0.324 e. The van der Waals surface area contributed by atoms with E-state index in [-0.39, 0.29) is 11.7 Å². The molecule has 0 radical (unpaired) electrons. The van der Waals surface area contributed by atoms with Crippen LogP contribution in [0.4, 0.5) is 0 Å². The summed E-state index contributed by atoms with van der Waals surface area (Å²) in [4.78, 5) is 29.4. The second-order valence-electron chi connectivity index (χ2n) is 3.86. The minimum Gasteiger partial charge on any atom is -0.324 e. The highest BCUT2D eigenvalue weighted by molar-refractivity contribution is 7.52. The van der Waals surface area contributed by atoms with Crippen LogP contribution in [0.25, 0.3) is 0 Å². The van der Waals surface area contributed by atoms with Crippen LogP contribution < -0.4 is 0 Å².